The SMILES string of the molecule is Cc1cc(C)cc(-c2c(-c3c(-c4cc(C)cc(C)c4)c(C)c(C)c(C)c3P(=O)(O)O)cc(C)c(C)c2C)c1. The molecule has 0 saturated heterocycles. The molecular formula is C34H39O3P. The van der Waals surface area contributed by atoms with Gasteiger partial charge in [-0.1, -0.05) is 64.7 Å². The van der Waals surface area contributed by atoms with Crippen molar-refractivity contribution in [3.63, 3.8) is 0 Å². The van der Waals surface area contributed by atoms with E-state index in [1.54, 1.807) is 0 Å². The smallest absolute Gasteiger partial charge is 0.321 e. The third-order valence-corrected chi connectivity index (χ3v) is 9.22. The number of hydrogen-bond donors (Lipinski definition) is 2. The molecule has 4 heteroatoms. The van der Waals surface area contributed by atoms with Crippen molar-refractivity contribution >= 4 is 12.9 Å². The van der Waals surface area contributed by atoms with Crippen LogP contribution in [0.5, 0.6) is 0 Å². The van der Waals surface area contributed by atoms with Crippen molar-refractivity contribution in [3.8, 4) is 33.4 Å². The Morgan fingerprint density at radius 3 is 1.34 bits per heavy atom. The largest absolute Gasteiger partial charge is 0.357 e. The van der Waals surface area contributed by atoms with E-state index in [1.807, 2.05) is 13.8 Å². The van der Waals surface area contributed by atoms with Crippen LogP contribution in [0.2, 0.25) is 0 Å². The van der Waals surface area contributed by atoms with E-state index in [2.05, 4.69) is 97.9 Å². The lowest BCUT2D eigenvalue weighted by atomic mass is 9.80. The summed E-state index contributed by atoms with van der Waals surface area (Å²) in [7, 11) is -4.65. The first-order valence-corrected chi connectivity index (χ1v) is 14.7. The maximum absolute atomic E-state index is 13.3. The van der Waals surface area contributed by atoms with E-state index in [0.717, 1.165) is 72.3 Å². The molecular weight excluding hydrogens is 487 g/mol. The van der Waals surface area contributed by atoms with Gasteiger partial charge in [-0.15, -0.1) is 0 Å². The molecule has 0 spiro atoms. The minimum atomic E-state index is -4.65. The standard InChI is InChI=1S/C34H39O3P/c1-18-11-19(2)14-28(13-18)31-25(8)23(6)22(5)17-30(31)33-32(29-15-20(3)12-21(4)16-29)26(9)24(7)27(10)34(33)38(35,36)37/h11-17H,1-10H3,(H2,35,36,37). The van der Waals surface area contributed by atoms with E-state index in [4.69, 9.17) is 0 Å². The molecule has 4 aromatic carbocycles. The highest BCUT2D eigenvalue weighted by Crippen LogP contribution is 2.49. The normalized spacial score (nSPS) is 11.8. The van der Waals surface area contributed by atoms with E-state index in [1.165, 1.54) is 5.56 Å². The maximum atomic E-state index is 13.3. The monoisotopic (exact) mass is 526 g/mol. The average molecular weight is 527 g/mol. The minimum absolute atomic E-state index is 0.128. The first-order valence-electron chi connectivity index (χ1n) is 13.1. The van der Waals surface area contributed by atoms with Crippen molar-refractivity contribution in [1.29, 1.82) is 0 Å². The first-order chi connectivity index (χ1) is 17.6. The molecule has 0 aliphatic carbocycles. The van der Waals surface area contributed by atoms with E-state index in [9.17, 15) is 14.4 Å². The fourth-order valence-corrected chi connectivity index (χ4v) is 7.14. The Morgan fingerprint density at radius 2 is 0.895 bits per heavy atom. The van der Waals surface area contributed by atoms with Crippen LogP contribution in [0, 0.1) is 69.2 Å². The number of benzene rings is 4. The van der Waals surface area contributed by atoms with Crippen molar-refractivity contribution in [2.24, 2.45) is 0 Å². The summed E-state index contributed by atoms with van der Waals surface area (Å²) in [6, 6.07) is 15.0. The summed E-state index contributed by atoms with van der Waals surface area (Å²) in [6.07, 6.45) is 0. The topological polar surface area (TPSA) is 57.5 Å². The molecule has 2 N–H and O–H groups in total. The van der Waals surface area contributed by atoms with Crippen LogP contribution in [0.4, 0.5) is 0 Å². The summed E-state index contributed by atoms with van der Waals surface area (Å²) in [6.45, 7) is 20.5. The van der Waals surface area contributed by atoms with Gasteiger partial charge in [0.05, 0.1) is 5.30 Å². The van der Waals surface area contributed by atoms with Crippen LogP contribution in [-0.2, 0) is 4.57 Å². The van der Waals surface area contributed by atoms with Crippen molar-refractivity contribution in [2.45, 2.75) is 69.2 Å². The lowest BCUT2D eigenvalue weighted by molar-refractivity contribution is 0.387. The Bertz CT molecular complexity index is 1610. The molecule has 0 aromatic heterocycles. The second kappa shape index (κ2) is 9.97. The molecule has 0 heterocycles. The predicted molar refractivity (Wildman–Crippen MR) is 162 cm³/mol. The Labute approximate surface area is 227 Å². The summed E-state index contributed by atoms with van der Waals surface area (Å²) >= 11 is 0. The Morgan fingerprint density at radius 1 is 0.474 bits per heavy atom. The van der Waals surface area contributed by atoms with Crippen molar-refractivity contribution in [2.75, 3.05) is 0 Å². The van der Waals surface area contributed by atoms with Gasteiger partial charge in [0.25, 0.3) is 0 Å². The van der Waals surface area contributed by atoms with Crippen LogP contribution in [0.25, 0.3) is 33.4 Å². The lowest BCUT2D eigenvalue weighted by Gasteiger charge is -2.27. The van der Waals surface area contributed by atoms with Gasteiger partial charge in [-0.25, -0.2) is 0 Å². The van der Waals surface area contributed by atoms with Crippen molar-refractivity contribution < 1.29 is 14.4 Å². The molecule has 0 radical (unpaired) electrons. The summed E-state index contributed by atoms with van der Waals surface area (Å²) in [4.78, 5) is 21.7. The maximum Gasteiger partial charge on any atom is 0.357 e. The molecule has 0 aliphatic rings. The highest BCUT2D eigenvalue weighted by molar-refractivity contribution is 7.60. The molecule has 0 atom stereocenters. The highest BCUT2D eigenvalue weighted by atomic mass is 31.2. The fraction of sp³-hybridized carbons (Fsp3) is 0.294. The van der Waals surface area contributed by atoms with E-state index < -0.39 is 7.60 Å². The summed E-state index contributed by atoms with van der Waals surface area (Å²) < 4.78 is 13.3. The number of hydrogen-bond acceptors (Lipinski definition) is 1. The molecule has 0 saturated carbocycles. The molecule has 0 bridgehead atoms. The van der Waals surface area contributed by atoms with Crippen LogP contribution in [0.1, 0.15) is 55.6 Å². The van der Waals surface area contributed by atoms with Gasteiger partial charge >= 0.3 is 7.60 Å². The van der Waals surface area contributed by atoms with Gasteiger partial charge in [-0.05, 0) is 130 Å². The average Bonchev–Trinajstić information content (AvgIpc) is 2.78. The third kappa shape index (κ3) is 4.92. The van der Waals surface area contributed by atoms with Crippen LogP contribution >= 0.6 is 7.60 Å². The lowest BCUT2D eigenvalue weighted by Crippen LogP contribution is -2.18. The van der Waals surface area contributed by atoms with E-state index in [-0.39, 0.29) is 5.30 Å². The van der Waals surface area contributed by atoms with Crippen LogP contribution in [-0.4, -0.2) is 9.79 Å². The Kier molecular flexibility index (Phi) is 7.36. The molecule has 38 heavy (non-hydrogen) atoms. The number of aryl methyl sites for hydroxylation is 5. The second-order valence-corrected chi connectivity index (χ2v) is 12.7. The number of rotatable bonds is 4. The Balaban J connectivity index is 2.34. The van der Waals surface area contributed by atoms with Gasteiger partial charge in [0.2, 0.25) is 0 Å². The zero-order chi connectivity index (χ0) is 28.3. The van der Waals surface area contributed by atoms with Crippen LogP contribution in [0.15, 0.2) is 42.5 Å². The van der Waals surface area contributed by atoms with Gasteiger partial charge in [-0.3, -0.25) is 4.57 Å². The first kappa shape index (κ1) is 28.0. The Hall–Kier alpha value is -2.97. The summed E-state index contributed by atoms with van der Waals surface area (Å²) in [5.41, 5.74) is 16.1. The van der Waals surface area contributed by atoms with Gasteiger partial charge in [-0.2, -0.15) is 0 Å². The fourth-order valence-electron chi connectivity index (χ4n) is 6.02. The van der Waals surface area contributed by atoms with E-state index in [0.29, 0.717) is 11.1 Å². The molecule has 0 unspecified atom stereocenters. The third-order valence-electron chi connectivity index (χ3n) is 8.08. The van der Waals surface area contributed by atoms with Crippen molar-refractivity contribution in [1.82, 2.24) is 0 Å². The molecule has 0 aliphatic heterocycles. The zero-order valence-electron chi connectivity index (χ0n) is 24.3. The predicted octanol–water partition coefficient (Wildman–Crippen LogP) is 8.57. The summed E-state index contributed by atoms with van der Waals surface area (Å²) in [5, 5.41) is 0.128. The van der Waals surface area contributed by atoms with Crippen LogP contribution < -0.4 is 5.30 Å². The van der Waals surface area contributed by atoms with Gasteiger partial charge in [0, 0.05) is 5.56 Å². The quantitative estimate of drug-likeness (QED) is 0.262. The van der Waals surface area contributed by atoms with Gasteiger partial charge in [0.1, 0.15) is 0 Å². The molecule has 0 fully saturated rings. The second-order valence-electron chi connectivity index (χ2n) is 11.1. The van der Waals surface area contributed by atoms with Crippen molar-refractivity contribution in [3.05, 3.63) is 98.1 Å². The summed E-state index contributed by atoms with van der Waals surface area (Å²) in [5.74, 6) is 0. The van der Waals surface area contributed by atoms with Gasteiger partial charge < -0.3 is 9.79 Å². The molecule has 4 rings (SSSR count). The highest BCUT2D eigenvalue weighted by Gasteiger charge is 2.32. The molecule has 4 aromatic rings. The zero-order valence-corrected chi connectivity index (χ0v) is 25.2. The molecule has 0 amide bonds. The minimum Gasteiger partial charge on any atom is -0.321 e. The van der Waals surface area contributed by atoms with Crippen LogP contribution in [0.3, 0.4) is 0 Å². The van der Waals surface area contributed by atoms with Gasteiger partial charge in [0.15, 0.2) is 0 Å². The molecule has 198 valence electrons. The molecule has 3 nitrogen and oxygen atoms in total. The van der Waals surface area contributed by atoms with E-state index >= 15 is 0 Å².